The molecule has 3 aromatic rings. The fraction of sp³-hybridized carbons (Fsp3) is 0.0833. The van der Waals surface area contributed by atoms with Gasteiger partial charge < -0.3 is 4.90 Å². The lowest BCUT2D eigenvalue weighted by Gasteiger charge is -2.29. The summed E-state index contributed by atoms with van der Waals surface area (Å²) in [6, 6.07) is 27.9. The van der Waals surface area contributed by atoms with Crippen LogP contribution in [0.3, 0.4) is 0 Å². The number of halogens is 1. The summed E-state index contributed by atoms with van der Waals surface area (Å²) in [7, 11) is 0. The molecule has 0 radical (unpaired) electrons. The Kier molecular flexibility index (Phi) is 5.03. The van der Waals surface area contributed by atoms with Crippen LogP contribution in [0.1, 0.15) is 12.8 Å². The van der Waals surface area contributed by atoms with E-state index in [4.69, 9.17) is 0 Å². The predicted molar refractivity (Wildman–Crippen MR) is 115 cm³/mol. The Morgan fingerprint density at radius 2 is 1.31 bits per heavy atom. The standard InChI is InChI=1S/C24H20BrN/c25-21-15-11-19(12-16-21)20-13-17-24(18-14-20)26(22-7-3-1-4-8-22)23-9-5-2-6-10-23/h1-5,7-9,11-18H,6,10H2. The largest absolute Gasteiger partial charge is 0.314 e. The molecular weight excluding hydrogens is 382 g/mol. The molecule has 0 bridgehead atoms. The van der Waals surface area contributed by atoms with Crippen LogP contribution in [0.5, 0.6) is 0 Å². The molecule has 26 heavy (non-hydrogen) atoms. The fourth-order valence-electron chi connectivity index (χ4n) is 3.28. The Morgan fingerprint density at radius 1 is 0.692 bits per heavy atom. The quantitative estimate of drug-likeness (QED) is 0.437. The smallest absolute Gasteiger partial charge is 0.0458 e. The van der Waals surface area contributed by atoms with Crippen LogP contribution in [0, 0.1) is 0 Å². The highest BCUT2D eigenvalue weighted by Gasteiger charge is 2.15. The Hall–Kier alpha value is -2.58. The Balaban J connectivity index is 1.71. The van der Waals surface area contributed by atoms with E-state index in [1.807, 2.05) is 0 Å². The second-order valence-electron chi connectivity index (χ2n) is 6.35. The van der Waals surface area contributed by atoms with E-state index in [1.165, 1.54) is 28.2 Å². The first-order chi connectivity index (χ1) is 12.8. The molecule has 0 N–H and O–H groups in total. The summed E-state index contributed by atoms with van der Waals surface area (Å²) in [6.45, 7) is 0. The van der Waals surface area contributed by atoms with Crippen LogP contribution in [0.4, 0.5) is 11.4 Å². The second-order valence-corrected chi connectivity index (χ2v) is 7.27. The van der Waals surface area contributed by atoms with Crippen LogP contribution < -0.4 is 4.90 Å². The minimum atomic E-state index is 1.06. The average molecular weight is 402 g/mol. The van der Waals surface area contributed by atoms with Crippen molar-refractivity contribution in [3.63, 3.8) is 0 Å². The molecule has 0 aliphatic heterocycles. The van der Waals surface area contributed by atoms with Crippen LogP contribution in [0.15, 0.2) is 107 Å². The van der Waals surface area contributed by atoms with Crippen molar-refractivity contribution in [1.29, 1.82) is 0 Å². The Labute approximate surface area is 163 Å². The van der Waals surface area contributed by atoms with E-state index < -0.39 is 0 Å². The summed E-state index contributed by atoms with van der Waals surface area (Å²) >= 11 is 3.50. The van der Waals surface area contributed by atoms with Gasteiger partial charge in [-0.15, -0.1) is 0 Å². The number of para-hydroxylation sites is 1. The number of hydrogen-bond donors (Lipinski definition) is 0. The predicted octanol–water partition coefficient (Wildman–Crippen LogP) is 7.49. The summed E-state index contributed by atoms with van der Waals surface area (Å²) in [5.74, 6) is 0. The van der Waals surface area contributed by atoms with Crippen LogP contribution in [-0.4, -0.2) is 0 Å². The third kappa shape index (κ3) is 3.66. The molecule has 3 aromatic carbocycles. The Morgan fingerprint density at radius 3 is 1.92 bits per heavy atom. The molecule has 1 aliphatic carbocycles. The zero-order valence-corrected chi connectivity index (χ0v) is 16.1. The SMILES string of the molecule is Brc1ccc(-c2ccc(N(C3=CC=CCC3)c3ccccc3)cc2)cc1. The first kappa shape index (κ1) is 16.9. The lowest BCUT2D eigenvalue weighted by Crippen LogP contribution is -2.17. The maximum Gasteiger partial charge on any atom is 0.0458 e. The van der Waals surface area contributed by atoms with Crippen LogP contribution in [0.2, 0.25) is 0 Å². The maximum absolute atomic E-state index is 3.50. The van der Waals surface area contributed by atoms with E-state index in [2.05, 4.69) is 118 Å². The summed E-state index contributed by atoms with van der Waals surface area (Å²) in [4.78, 5) is 2.36. The van der Waals surface area contributed by atoms with Crippen molar-refractivity contribution in [2.75, 3.05) is 4.90 Å². The van der Waals surface area contributed by atoms with E-state index in [-0.39, 0.29) is 0 Å². The third-order valence-electron chi connectivity index (χ3n) is 4.60. The van der Waals surface area contributed by atoms with Crippen molar-refractivity contribution in [3.05, 3.63) is 107 Å². The van der Waals surface area contributed by atoms with Gasteiger partial charge in [-0.1, -0.05) is 70.5 Å². The summed E-state index contributed by atoms with van der Waals surface area (Å²) in [5, 5.41) is 0. The zero-order valence-electron chi connectivity index (χ0n) is 14.5. The van der Waals surface area contributed by atoms with E-state index in [9.17, 15) is 0 Å². The number of anilines is 2. The van der Waals surface area contributed by atoms with Gasteiger partial charge in [0.05, 0.1) is 0 Å². The number of nitrogens with zero attached hydrogens (tertiary/aromatic N) is 1. The van der Waals surface area contributed by atoms with Crippen molar-refractivity contribution in [1.82, 2.24) is 0 Å². The van der Waals surface area contributed by atoms with Gasteiger partial charge in [0.2, 0.25) is 0 Å². The molecule has 0 unspecified atom stereocenters. The van der Waals surface area contributed by atoms with E-state index >= 15 is 0 Å². The molecule has 0 atom stereocenters. The number of rotatable bonds is 4. The van der Waals surface area contributed by atoms with Gasteiger partial charge in [-0.05, 0) is 66.4 Å². The van der Waals surface area contributed by atoms with Gasteiger partial charge in [0.1, 0.15) is 0 Å². The number of allylic oxidation sites excluding steroid dienone is 4. The molecule has 2 heteroatoms. The van der Waals surface area contributed by atoms with Crippen LogP contribution in [0.25, 0.3) is 11.1 Å². The third-order valence-corrected chi connectivity index (χ3v) is 5.13. The van der Waals surface area contributed by atoms with Gasteiger partial charge in [0.15, 0.2) is 0 Å². The molecule has 0 saturated heterocycles. The minimum absolute atomic E-state index is 1.06. The van der Waals surface area contributed by atoms with Gasteiger partial charge in [-0.3, -0.25) is 0 Å². The zero-order chi connectivity index (χ0) is 17.8. The van der Waals surface area contributed by atoms with Gasteiger partial charge in [0.25, 0.3) is 0 Å². The van der Waals surface area contributed by atoms with Crippen molar-refractivity contribution in [3.8, 4) is 11.1 Å². The minimum Gasteiger partial charge on any atom is -0.314 e. The monoisotopic (exact) mass is 401 g/mol. The van der Waals surface area contributed by atoms with Crippen molar-refractivity contribution in [2.45, 2.75) is 12.8 Å². The molecule has 0 aromatic heterocycles. The van der Waals surface area contributed by atoms with Crippen LogP contribution >= 0.6 is 15.9 Å². The van der Waals surface area contributed by atoms with Gasteiger partial charge in [-0.25, -0.2) is 0 Å². The summed E-state index contributed by atoms with van der Waals surface area (Å²) in [5.41, 5.74) is 6.18. The lowest BCUT2D eigenvalue weighted by atomic mass is 10.0. The van der Waals surface area contributed by atoms with Gasteiger partial charge >= 0.3 is 0 Å². The molecular formula is C24H20BrN. The fourth-order valence-corrected chi connectivity index (χ4v) is 3.54. The highest BCUT2D eigenvalue weighted by Crippen LogP contribution is 2.34. The summed E-state index contributed by atoms with van der Waals surface area (Å²) in [6.07, 6.45) is 8.75. The molecule has 128 valence electrons. The van der Waals surface area contributed by atoms with Crippen molar-refractivity contribution >= 4 is 27.3 Å². The molecule has 0 saturated carbocycles. The molecule has 0 amide bonds. The molecule has 1 aliphatic rings. The lowest BCUT2D eigenvalue weighted by molar-refractivity contribution is 0.918. The summed E-state index contributed by atoms with van der Waals surface area (Å²) < 4.78 is 1.10. The van der Waals surface area contributed by atoms with Gasteiger partial charge in [0, 0.05) is 21.5 Å². The highest BCUT2D eigenvalue weighted by atomic mass is 79.9. The molecule has 1 nitrogen and oxygen atoms in total. The first-order valence-corrected chi connectivity index (χ1v) is 9.67. The van der Waals surface area contributed by atoms with Gasteiger partial charge in [-0.2, -0.15) is 0 Å². The average Bonchev–Trinajstić information content (AvgIpc) is 2.71. The second kappa shape index (κ2) is 7.76. The molecule has 0 spiro atoms. The Bertz CT molecular complexity index is 922. The van der Waals surface area contributed by atoms with E-state index in [0.717, 1.165) is 17.3 Å². The first-order valence-electron chi connectivity index (χ1n) is 8.88. The molecule has 0 fully saturated rings. The number of hydrogen-bond acceptors (Lipinski definition) is 1. The molecule has 0 heterocycles. The maximum atomic E-state index is 3.50. The molecule has 4 rings (SSSR count). The van der Waals surface area contributed by atoms with E-state index in [1.54, 1.807) is 0 Å². The topological polar surface area (TPSA) is 3.24 Å². The highest BCUT2D eigenvalue weighted by molar-refractivity contribution is 9.10. The number of benzene rings is 3. The van der Waals surface area contributed by atoms with Crippen molar-refractivity contribution in [2.24, 2.45) is 0 Å². The van der Waals surface area contributed by atoms with Crippen molar-refractivity contribution < 1.29 is 0 Å². The van der Waals surface area contributed by atoms with Crippen LogP contribution in [-0.2, 0) is 0 Å². The van der Waals surface area contributed by atoms with E-state index in [0.29, 0.717) is 0 Å². The normalized spacial score (nSPS) is 13.3.